The van der Waals surface area contributed by atoms with Crippen molar-refractivity contribution in [1.29, 1.82) is 0 Å². The molecule has 0 spiro atoms. The Kier molecular flexibility index (Phi) is 6.56. The molecule has 3 atom stereocenters. The van der Waals surface area contributed by atoms with Crippen molar-refractivity contribution < 1.29 is 27.1 Å². The molecular weight excluding hydrogens is 489 g/mol. The number of hydrogen-bond acceptors (Lipinski definition) is 7. The molecule has 3 N–H and O–H groups in total. The largest absolute Gasteiger partial charge is 0.492 e. The number of aliphatic hydroxyl groups is 1. The molecule has 4 rings (SSSR count). The minimum atomic E-state index is -4.35. The number of nitrogens with one attached hydrogen (secondary N) is 2. The van der Waals surface area contributed by atoms with E-state index in [1.54, 1.807) is 19.9 Å². The second-order valence-corrected chi connectivity index (χ2v) is 10.3. The van der Waals surface area contributed by atoms with E-state index < -0.39 is 39.7 Å². The number of benzene rings is 2. The molecule has 0 fully saturated rings. The zero-order valence-corrected chi connectivity index (χ0v) is 20.1. The van der Waals surface area contributed by atoms with Crippen molar-refractivity contribution in [3.63, 3.8) is 0 Å². The van der Waals surface area contributed by atoms with E-state index in [1.165, 1.54) is 18.2 Å². The van der Waals surface area contributed by atoms with Crippen molar-refractivity contribution in [1.82, 2.24) is 14.9 Å². The average molecular weight is 512 g/mol. The van der Waals surface area contributed by atoms with Gasteiger partial charge in [0.15, 0.2) is 0 Å². The van der Waals surface area contributed by atoms with Gasteiger partial charge in [0.25, 0.3) is 0 Å². The van der Waals surface area contributed by atoms with Gasteiger partial charge in [-0.15, -0.1) is 5.10 Å². The van der Waals surface area contributed by atoms with E-state index >= 15 is 0 Å². The molecule has 0 amide bonds. The van der Waals surface area contributed by atoms with Crippen LogP contribution in [0.5, 0.6) is 5.75 Å². The summed E-state index contributed by atoms with van der Waals surface area (Å²) in [6, 6.07) is 4.27. The number of sulfonamides is 1. The van der Waals surface area contributed by atoms with Crippen LogP contribution in [0.1, 0.15) is 59.6 Å². The maximum Gasteiger partial charge on any atom is 0.434 e. The van der Waals surface area contributed by atoms with Crippen molar-refractivity contribution in [3.05, 3.63) is 73.8 Å². The number of ether oxygens (including phenoxy) is 1. The van der Waals surface area contributed by atoms with Gasteiger partial charge in [-0.25, -0.2) is 22.7 Å². The molecule has 2 aromatic carbocycles. The fraction of sp³-hybridized carbons (Fsp3) is 0.364. The van der Waals surface area contributed by atoms with Gasteiger partial charge in [-0.3, -0.25) is 0 Å². The summed E-state index contributed by atoms with van der Waals surface area (Å²) in [7, 11) is -4.35. The fourth-order valence-electron chi connectivity index (χ4n) is 4.14. The number of aryl methyl sites for hydroxylation is 1. The number of hydrogen-bond donors (Lipinski definition) is 3. The van der Waals surface area contributed by atoms with Crippen LogP contribution >= 0.6 is 11.6 Å². The first-order chi connectivity index (χ1) is 16.0. The highest BCUT2D eigenvalue weighted by molar-refractivity contribution is 7.89. The molecule has 0 saturated carbocycles. The molecular formula is C22H23ClFN3O6S. The third-order valence-electron chi connectivity index (χ3n) is 6.06. The van der Waals surface area contributed by atoms with Crippen LogP contribution in [-0.2, 0) is 10.0 Å². The number of aliphatic hydroxyl groups excluding tert-OH is 1. The maximum atomic E-state index is 14.9. The highest BCUT2D eigenvalue weighted by atomic mass is 35.5. The van der Waals surface area contributed by atoms with Gasteiger partial charge in [0.2, 0.25) is 15.9 Å². The Bertz CT molecular complexity index is 1400. The zero-order chi connectivity index (χ0) is 24.8. The van der Waals surface area contributed by atoms with Crippen molar-refractivity contribution in [2.24, 2.45) is 0 Å². The van der Waals surface area contributed by atoms with Gasteiger partial charge >= 0.3 is 5.76 Å². The summed E-state index contributed by atoms with van der Waals surface area (Å²) in [4.78, 5) is 11.4. The normalized spacial score (nSPS) is 17.6. The van der Waals surface area contributed by atoms with Crippen molar-refractivity contribution in [3.8, 4) is 5.75 Å². The third-order valence-corrected chi connectivity index (χ3v) is 7.85. The molecule has 1 unspecified atom stereocenters. The second-order valence-electron chi connectivity index (χ2n) is 8.18. The fourth-order valence-corrected chi connectivity index (χ4v) is 5.85. The SMILES string of the molecule is Cc1ccc(F)c([C@@H](C)[C@H](NS(=O)(=O)c2ccc(Cl)c3c2OCCC3O)c2n[nH]c(=O)o2)c1C. The summed E-state index contributed by atoms with van der Waals surface area (Å²) in [5, 5.41) is 16.4. The molecule has 2 heterocycles. The van der Waals surface area contributed by atoms with Crippen LogP contribution in [-0.4, -0.2) is 30.3 Å². The minimum absolute atomic E-state index is 0.0634. The highest BCUT2D eigenvalue weighted by Crippen LogP contribution is 2.42. The van der Waals surface area contributed by atoms with Crippen LogP contribution < -0.4 is 15.2 Å². The molecule has 1 aromatic heterocycles. The molecule has 0 bridgehead atoms. The van der Waals surface area contributed by atoms with Gasteiger partial charge in [0.05, 0.1) is 17.7 Å². The van der Waals surface area contributed by atoms with E-state index in [-0.39, 0.29) is 45.7 Å². The van der Waals surface area contributed by atoms with Crippen LogP contribution in [0.2, 0.25) is 5.02 Å². The standard InChI is InChI=1S/C22H23ClFN3O6S/c1-10-4-6-14(24)17(11(10)2)12(3)19(21-25-26-22(29)33-21)27-34(30,31)16-7-5-13(23)18-15(28)8-9-32-20(16)18/h4-7,12,15,19,27-28H,8-9H2,1-3H3,(H,26,29)/t12-,15?,19+/m1/s1. The number of aromatic amines is 1. The van der Waals surface area contributed by atoms with Gasteiger partial charge < -0.3 is 14.3 Å². The van der Waals surface area contributed by atoms with Crippen LogP contribution in [0.3, 0.4) is 0 Å². The van der Waals surface area contributed by atoms with Crippen LogP contribution in [0.25, 0.3) is 0 Å². The summed E-state index contributed by atoms with van der Waals surface area (Å²) in [6.45, 7) is 5.23. The molecule has 3 aromatic rings. The molecule has 1 aliphatic heterocycles. The van der Waals surface area contributed by atoms with Crippen molar-refractivity contribution >= 4 is 21.6 Å². The Balaban J connectivity index is 1.82. The number of fused-ring (bicyclic) bond motifs is 1. The summed E-state index contributed by atoms with van der Waals surface area (Å²) >= 11 is 6.18. The van der Waals surface area contributed by atoms with Gasteiger partial charge in [-0.1, -0.05) is 24.6 Å². The van der Waals surface area contributed by atoms with Gasteiger partial charge in [-0.05, 0) is 48.7 Å². The number of rotatable bonds is 6. The first kappa shape index (κ1) is 24.4. The second kappa shape index (κ2) is 9.14. The van der Waals surface area contributed by atoms with Crippen molar-refractivity contribution in [2.75, 3.05) is 6.61 Å². The lowest BCUT2D eigenvalue weighted by Gasteiger charge is -2.27. The highest BCUT2D eigenvalue weighted by Gasteiger charge is 2.36. The molecule has 12 heteroatoms. The lowest BCUT2D eigenvalue weighted by atomic mass is 9.88. The van der Waals surface area contributed by atoms with E-state index in [4.69, 9.17) is 20.8 Å². The van der Waals surface area contributed by atoms with Crippen LogP contribution in [0.4, 0.5) is 4.39 Å². The topological polar surface area (TPSA) is 135 Å². The summed E-state index contributed by atoms with van der Waals surface area (Å²) in [5.41, 5.74) is 1.86. The molecule has 9 nitrogen and oxygen atoms in total. The van der Waals surface area contributed by atoms with E-state index in [1.807, 2.05) is 6.92 Å². The van der Waals surface area contributed by atoms with Gasteiger partial charge in [0.1, 0.15) is 22.5 Å². The molecule has 0 saturated heterocycles. The molecule has 182 valence electrons. The Labute approximate surface area is 200 Å². The van der Waals surface area contributed by atoms with Crippen molar-refractivity contribution in [2.45, 2.75) is 50.2 Å². The molecule has 34 heavy (non-hydrogen) atoms. The first-order valence-corrected chi connectivity index (χ1v) is 12.3. The summed E-state index contributed by atoms with van der Waals surface area (Å²) in [6.07, 6.45) is -0.734. The Morgan fingerprint density at radius 2 is 2.03 bits per heavy atom. The van der Waals surface area contributed by atoms with Gasteiger partial charge in [-0.2, -0.15) is 4.72 Å². The molecule has 0 radical (unpaired) electrons. The van der Waals surface area contributed by atoms with E-state index in [2.05, 4.69) is 14.9 Å². The molecule has 1 aliphatic rings. The molecule has 0 aliphatic carbocycles. The summed E-state index contributed by atoms with van der Waals surface area (Å²) < 4.78 is 55.0. The van der Waals surface area contributed by atoms with Gasteiger partial charge in [0, 0.05) is 17.9 Å². The predicted octanol–water partition coefficient (Wildman–Crippen LogP) is 3.41. The number of halogens is 2. The summed E-state index contributed by atoms with van der Waals surface area (Å²) in [5.74, 6) is -2.57. The average Bonchev–Trinajstić information content (AvgIpc) is 3.21. The monoisotopic (exact) mass is 511 g/mol. The Morgan fingerprint density at radius 3 is 2.71 bits per heavy atom. The number of H-pyrrole nitrogens is 1. The van der Waals surface area contributed by atoms with Crippen LogP contribution in [0.15, 0.2) is 38.4 Å². The lowest BCUT2D eigenvalue weighted by molar-refractivity contribution is 0.113. The smallest absolute Gasteiger partial charge is 0.434 e. The maximum absolute atomic E-state index is 14.9. The Hall–Kier alpha value is -2.73. The number of nitrogens with zero attached hydrogens (tertiary/aromatic N) is 1. The predicted molar refractivity (Wildman–Crippen MR) is 121 cm³/mol. The quantitative estimate of drug-likeness (QED) is 0.461. The lowest BCUT2D eigenvalue weighted by Crippen LogP contribution is -2.33. The first-order valence-electron chi connectivity index (χ1n) is 10.5. The third kappa shape index (κ3) is 4.36. The van der Waals surface area contributed by atoms with Crippen LogP contribution in [0, 0.1) is 19.7 Å². The van der Waals surface area contributed by atoms with E-state index in [0.717, 1.165) is 5.56 Å². The minimum Gasteiger partial charge on any atom is -0.492 e. The zero-order valence-electron chi connectivity index (χ0n) is 18.6. The van der Waals surface area contributed by atoms with E-state index in [9.17, 15) is 22.7 Å². The Morgan fingerprint density at radius 1 is 1.29 bits per heavy atom. The van der Waals surface area contributed by atoms with E-state index in [0.29, 0.717) is 5.56 Å². The number of aromatic nitrogens is 2.